The molecule has 10 heteroatoms. The average Bonchev–Trinajstić information content (AvgIpc) is 2.38. The topological polar surface area (TPSA) is 131 Å². The molecule has 0 spiro atoms. The lowest BCUT2D eigenvalue weighted by molar-refractivity contribution is 0.0697. The molecule has 0 fully saturated rings. The molecule has 2 aromatic rings. The van der Waals surface area contributed by atoms with Gasteiger partial charge in [0, 0.05) is 4.47 Å². The number of carboxylic acid groups (broad SMARTS) is 1. The van der Waals surface area contributed by atoms with Crippen molar-refractivity contribution in [1.82, 2.24) is 9.97 Å². The van der Waals surface area contributed by atoms with E-state index in [2.05, 4.69) is 48.3 Å². The van der Waals surface area contributed by atoms with Gasteiger partial charge in [0.05, 0.1) is 5.56 Å². The third-order valence-electron chi connectivity index (χ3n) is 2.35. The highest BCUT2D eigenvalue weighted by Gasteiger charge is 2.11. The second-order valence-electron chi connectivity index (χ2n) is 3.77. The first-order chi connectivity index (χ1) is 9.88. The van der Waals surface area contributed by atoms with E-state index in [0.29, 0.717) is 4.47 Å². The number of hydrogen-bond acceptors (Lipinski definition) is 6. The maximum atomic E-state index is 11.6. The summed E-state index contributed by atoms with van der Waals surface area (Å²) in [5.74, 6) is -1.75. The Morgan fingerprint density at radius 1 is 1.29 bits per heavy atom. The number of azo groups is 1. The number of carbonyl (C=O) groups is 1. The van der Waals surface area contributed by atoms with E-state index in [-0.39, 0.29) is 16.0 Å². The van der Waals surface area contributed by atoms with E-state index in [1.54, 1.807) is 6.07 Å². The quantitative estimate of drug-likeness (QED) is 0.487. The number of rotatable bonds is 3. The van der Waals surface area contributed by atoms with Crippen LogP contribution in [0.25, 0.3) is 0 Å². The number of nitrogens with one attached hydrogen (secondary N) is 2. The van der Waals surface area contributed by atoms with Crippen LogP contribution in [0.15, 0.2) is 37.7 Å². The maximum absolute atomic E-state index is 11.6. The van der Waals surface area contributed by atoms with Gasteiger partial charge in [0.15, 0.2) is 4.77 Å². The molecule has 1 aromatic carbocycles. The maximum Gasteiger partial charge on any atom is 0.338 e. The first-order valence-electron chi connectivity index (χ1n) is 5.38. The second-order valence-corrected chi connectivity index (χ2v) is 5.10. The molecule has 0 radical (unpaired) electrons. The number of carboxylic acids is 1. The van der Waals surface area contributed by atoms with Crippen molar-refractivity contribution in [3.05, 3.63) is 43.4 Å². The lowest BCUT2D eigenvalue weighted by atomic mass is 10.2. The Kier molecular flexibility index (Phi) is 4.29. The Morgan fingerprint density at radius 2 is 2.00 bits per heavy atom. The summed E-state index contributed by atoms with van der Waals surface area (Å²) in [5.41, 5.74) is -1.21. The van der Waals surface area contributed by atoms with E-state index in [1.165, 1.54) is 12.1 Å². The SMILES string of the molecule is O=C(O)c1cc(Br)ccc1N=Nc1c(O)[nH]c(=S)[nH]c1=O. The number of benzene rings is 1. The Balaban J connectivity index is 2.50. The van der Waals surface area contributed by atoms with Crippen LogP contribution in [0.1, 0.15) is 10.4 Å². The van der Waals surface area contributed by atoms with Crippen LogP contribution in [0.2, 0.25) is 0 Å². The van der Waals surface area contributed by atoms with Gasteiger partial charge in [0.2, 0.25) is 11.6 Å². The number of H-pyrrole nitrogens is 2. The first-order valence-corrected chi connectivity index (χ1v) is 6.59. The van der Waals surface area contributed by atoms with Gasteiger partial charge in [-0.3, -0.25) is 9.78 Å². The van der Waals surface area contributed by atoms with Crippen molar-refractivity contribution in [2.75, 3.05) is 0 Å². The summed E-state index contributed by atoms with van der Waals surface area (Å²) in [6.07, 6.45) is 0. The number of halogens is 1. The van der Waals surface area contributed by atoms with Crippen LogP contribution >= 0.6 is 28.1 Å². The fourth-order valence-corrected chi connectivity index (χ4v) is 1.98. The van der Waals surface area contributed by atoms with Gasteiger partial charge < -0.3 is 15.2 Å². The van der Waals surface area contributed by atoms with Crippen LogP contribution in [0, 0.1) is 4.77 Å². The Labute approximate surface area is 130 Å². The van der Waals surface area contributed by atoms with Crippen LogP contribution in [-0.4, -0.2) is 26.2 Å². The van der Waals surface area contributed by atoms with E-state index in [9.17, 15) is 14.7 Å². The summed E-state index contributed by atoms with van der Waals surface area (Å²) < 4.78 is 0.495. The van der Waals surface area contributed by atoms with Gasteiger partial charge in [-0.1, -0.05) is 15.9 Å². The smallest absolute Gasteiger partial charge is 0.338 e. The molecule has 108 valence electrons. The molecule has 0 amide bonds. The molecule has 0 aliphatic heterocycles. The predicted octanol–water partition coefficient (Wildman–Crippen LogP) is 3.01. The number of aromatic amines is 2. The largest absolute Gasteiger partial charge is 0.493 e. The highest BCUT2D eigenvalue weighted by atomic mass is 79.9. The Morgan fingerprint density at radius 3 is 2.62 bits per heavy atom. The van der Waals surface area contributed by atoms with Crippen LogP contribution < -0.4 is 5.56 Å². The molecule has 2 rings (SSSR count). The molecular weight excluding hydrogens is 364 g/mol. The highest BCUT2D eigenvalue weighted by molar-refractivity contribution is 9.10. The first kappa shape index (κ1) is 15.1. The number of aromatic nitrogens is 2. The van der Waals surface area contributed by atoms with Gasteiger partial charge >= 0.3 is 5.97 Å². The minimum Gasteiger partial charge on any atom is -0.493 e. The number of aromatic hydroxyl groups is 1. The summed E-state index contributed by atoms with van der Waals surface area (Å²) in [6, 6.07) is 4.33. The van der Waals surface area contributed by atoms with Gasteiger partial charge in [0.1, 0.15) is 5.69 Å². The predicted molar refractivity (Wildman–Crippen MR) is 79.2 cm³/mol. The van der Waals surface area contributed by atoms with Gasteiger partial charge in [-0.2, -0.15) is 0 Å². The van der Waals surface area contributed by atoms with Gasteiger partial charge in [-0.15, -0.1) is 10.2 Å². The average molecular weight is 371 g/mol. The second kappa shape index (κ2) is 5.97. The number of aromatic carboxylic acids is 1. The molecule has 0 aliphatic rings. The van der Waals surface area contributed by atoms with Gasteiger partial charge in [0.25, 0.3) is 5.56 Å². The molecule has 1 heterocycles. The van der Waals surface area contributed by atoms with Crippen molar-refractivity contribution < 1.29 is 15.0 Å². The van der Waals surface area contributed by atoms with Crippen LogP contribution in [-0.2, 0) is 0 Å². The minimum atomic E-state index is -1.20. The van der Waals surface area contributed by atoms with Crippen molar-refractivity contribution in [3.63, 3.8) is 0 Å². The van der Waals surface area contributed by atoms with E-state index in [1.807, 2.05) is 0 Å². The minimum absolute atomic E-state index is 0.0342. The lowest BCUT2D eigenvalue weighted by Crippen LogP contribution is -2.06. The number of hydrogen-bond donors (Lipinski definition) is 4. The van der Waals surface area contributed by atoms with E-state index in [0.717, 1.165) is 0 Å². The summed E-state index contributed by atoms with van der Waals surface area (Å²) in [5, 5.41) is 25.9. The summed E-state index contributed by atoms with van der Waals surface area (Å²) >= 11 is 7.81. The summed E-state index contributed by atoms with van der Waals surface area (Å²) in [7, 11) is 0. The zero-order valence-electron chi connectivity index (χ0n) is 10.1. The van der Waals surface area contributed by atoms with E-state index in [4.69, 9.17) is 5.11 Å². The standard InChI is InChI=1S/C11H7BrN4O4S/c12-4-1-2-6(5(3-4)10(19)20)15-16-7-8(17)13-11(21)14-9(7)18/h1-3H,(H,19,20)(H3,13,14,17,18,21). The van der Waals surface area contributed by atoms with Crippen LogP contribution in [0.3, 0.4) is 0 Å². The Hall–Kier alpha value is -2.33. The molecule has 21 heavy (non-hydrogen) atoms. The zero-order valence-corrected chi connectivity index (χ0v) is 12.5. The van der Waals surface area contributed by atoms with Crippen molar-refractivity contribution in [1.29, 1.82) is 0 Å². The third-order valence-corrected chi connectivity index (χ3v) is 3.04. The van der Waals surface area contributed by atoms with Crippen LogP contribution in [0.4, 0.5) is 11.4 Å². The van der Waals surface area contributed by atoms with Crippen LogP contribution in [0.5, 0.6) is 5.88 Å². The molecule has 1 aromatic heterocycles. The van der Waals surface area contributed by atoms with Crippen molar-refractivity contribution in [2.45, 2.75) is 0 Å². The molecule has 0 bridgehead atoms. The molecule has 0 saturated carbocycles. The van der Waals surface area contributed by atoms with Gasteiger partial charge in [-0.25, -0.2) is 4.79 Å². The molecule has 8 nitrogen and oxygen atoms in total. The fraction of sp³-hybridized carbons (Fsp3) is 0. The molecule has 4 N–H and O–H groups in total. The van der Waals surface area contributed by atoms with Crippen molar-refractivity contribution in [2.24, 2.45) is 10.2 Å². The highest BCUT2D eigenvalue weighted by Crippen LogP contribution is 2.26. The zero-order chi connectivity index (χ0) is 15.6. The third kappa shape index (κ3) is 3.41. The number of nitrogens with zero attached hydrogens (tertiary/aromatic N) is 2. The summed E-state index contributed by atoms with van der Waals surface area (Å²) in [6.45, 7) is 0. The molecule has 0 atom stereocenters. The molecule has 0 saturated heterocycles. The normalized spacial score (nSPS) is 10.9. The lowest BCUT2D eigenvalue weighted by Gasteiger charge is -2.01. The molecule has 0 aliphatic carbocycles. The van der Waals surface area contributed by atoms with Crippen molar-refractivity contribution >= 4 is 45.5 Å². The van der Waals surface area contributed by atoms with Crippen molar-refractivity contribution in [3.8, 4) is 5.88 Å². The van der Waals surface area contributed by atoms with Gasteiger partial charge in [-0.05, 0) is 30.4 Å². The van der Waals surface area contributed by atoms with E-state index >= 15 is 0 Å². The summed E-state index contributed by atoms with van der Waals surface area (Å²) in [4.78, 5) is 27.2. The molecule has 0 unspecified atom stereocenters. The fourth-order valence-electron chi connectivity index (χ4n) is 1.43. The monoisotopic (exact) mass is 370 g/mol. The van der Waals surface area contributed by atoms with E-state index < -0.39 is 23.1 Å². The molecular formula is C11H7BrN4O4S. The Bertz CT molecular complexity index is 858.